The van der Waals surface area contributed by atoms with Crippen LogP contribution in [0.2, 0.25) is 0 Å². The second kappa shape index (κ2) is 6.02. The predicted octanol–water partition coefficient (Wildman–Crippen LogP) is 0.264. The summed E-state index contributed by atoms with van der Waals surface area (Å²) in [6.07, 6.45) is 1.66. The molecular weight excluding hydrogens is 224 g/mol. The summed E-state index contributed by atoms with van der Waals surface area (Å²) in [6.45, 7) is 2.71. The van der Waals surface area contributed by atoms with Crippen LogP contribution < -0.4 is 16.4 Å². The molecule has 0 saturated heterocycles. The molecule has 16 heavy (non-hydrogen) atoms. The van der Waals surface area contributed by atoms with Crippen LogP contribution in [-0.2, 0) is 4.79 Å². The number of anilines is 1. The van der Waals surface area contributed by atoms with Crippen molar-refractivity contribution in [2.45, 2.75) is 6.92 Å². The SMILES string of the molecule is CC(=O)NCCNc1ccc(C(N)=S)nc1. The van der Waals surface area contributed by atoms with Gasteiger partial charge in [0.1, 0.15) is 4.99 Å². The van der Waals surface area contributed by atoms with Crippen molar-refractivity contribution >= 4 is 28.8 Å². The number of rotatable bonds is 5. The zero-order chi connectivity index (χ0) is 12.0. The van der Waals surface area contributed by atoms with Crippen LogP contribution in [0.5, 0.6) is 0 Å². The van der Waals surface area contributed by atoms with Gasteiger partial charge in [-0.05, 0) is 12.1 Å². The molecular formula is C10H14N4OS. The topological polar surface area (TPSA) is 80.0 Å². The number of thiocarbonyl (C=S) groups is 1. The predicted molar refractivity (Wildman–Crippen MR) is 67.3 cm³/mol. The zero-order valence-corrected chi connectivity index (χ0v) is 9.80. The lowest BCUT2D eigenvalue weighted by atomic mass is 10.3. The molecule has 0 aliphatic heterocycles. The number of carbonyl (C=O) groups is 1. The average molecular weight is 238 g/mol. The Hall–Kier alpha value is -1.69. The Morgan fingerprint density at radius 3 is 2.75 bits per heavy atom. The Balaban J connectivity index is 2.38. The Morgan fingerprint density at radius 2 is 2.25 bits per heavy atom. The van der Waals surface area contributed by atoms with Gasteiger partial charge in [-0.2, -0.15) is 0 Å². The van der Waals surface area contributed by atoms with Crippen molar-refractivity contribution < 1.29 is 4.79 Å². The van der Waals surface area contributed by atoms with Gasteiger partial charge >= 0.3 is 0 Å². The average Bonchev–Trinajstić information content (AvgIpc) is 2.25. The van der Waals surface area contributed by atoms with Crippen LogP contribution in [0.15, 0.2) is 18.3 Å². The summed E-state index contributed by atoms with van der Waals surface area (Å²) in [5.74, 6) is -0.0382. The minimum absolute atomic E-state index is 0.0382. The molecule has 5 nitrogen and oxygen atoms in total. The van der Waals surface area contributed by atoms with Gasteiger partial charge in [-0.3, -0.25) is 9.78 Å². The number of nitrogens with two attached hydrogens (primary N) is 1. The number of nitrogens with one attached hydrogen (secondary N) is 2. The normalized spacial score (nSPS) is 9.56. The molecule has 0 saturated carbocycles. The molecule has 0 aliphatic carbocycles. The fraction of sp³-hybridized carbons (Fsp3) is 0.300. The van der Waals surface area contributed by atoms with Crippen molar-refractivity contribution in [3.05, 3.63) is 24.0 Å². The number of nitrogens with zero attached hydrogens (tertiary/aromatic N) is 1. The number of hydrogen-bond donors (Lipinski definition) is 3. The van der Waals surface area contributed by atoms with Crippen molar-refractivity contribution in [1.82, 2.24) is 10.3 Å². The van der Waals surface area contributed by atoms with Gasteiger partial charge in [0, 0.05) is 20.0 Å². The second-order valence-corrected chi connectivity index (χ2v) is 3.65. The van der Waals surface area contributed by atoms with Gasteiger partial charge < -0.3 is 16.4 Å². The van der Waals surface area contributed by atoms with E-state index >= 15 is 0 Å². The van der Waals surface area contributed by atoms with Gasteiger partial charge in [0.05, 0.1) is 17.6 Å². The van der Waals surface area contributed by atoms with Crippen LogP contribution in [0, 0.1) is 0 Å². The third-order valence-electron chi connectivity index (χ3n) is 1.84. The summed E-state index contributed by atoms with van der Waals surface area (Å²) in [6, 6.07) is 3.60. The van der Waals surface area contributed by atoms with E-state index in [1.807, 2.05) is 6.07 Å². The molecule has 1 aromatic rings. The van der Waals surface area contributed by atoms with E-state index in [9.17, 15) is 4.79 Å². The quantitative estimate of drug-likeness (QED) is 0.506. The molecule has 0 aliphatic rings. The standard InChI is InChI=1S/C10H14N4OS/c1-7(15)12-4-5-13-8-2-3-9(10(11)16)14-6-8/h2-3,6,13H,4-5H2,1H3,(H2,11,16)(H,12,15). The van der Waals surface area contributed by atoms with Crippen LogP contribution >= 0.6 is 12.2 Å². The fourth-order valence-electron chi connectivity index (χ4n) is 1.09. The maximum Gasteiger partial charge on any atom is 0.216 e. The molecule has 4 N–H and O–H groups in total. The molecule has 0 fully saturated rings. The van der Waals surface area contributed by atoms with Crippen molar-refractivity contribution in [3.63, 3.8) is 0 Å². The van der Waals surface area contributed by atoms with Crippen molar-refractivity contribution in [1.29, 1.82) is 0 Å². The highest BCUT2D eigenvalue weighted by molar-refractivity contribution is 7.80. The first kappa shape index (κ1) is 12.4. The first-order valence-electron chi connectivity index (χ1n) is 4.84. The summed E-state index contributed by atoms with van der Waals surface area (Å²) in [4.78, 5) is 15.0. The molecule has 1 rings (SSSR count). The van der Waals surface area contributed by atoms with Gasteiger partial charge in [0.15, 0.2) is 0 Å². The van der Waals surface area contributed by atoms with Crippen molar-refractivity contribution in [3.8, 4) is 0 Å². The number of pyridine rings is 1. The Morgan fingerprint density at radius 1 is 1.50 bits per heavy atom. The summed E-state index contributed by atoms with van der Waals surface area (Å²) in [5.41, 5.74) is 6.89. The number of hydrogen-bond acceptors (Lipinski definition) is 4. The third kappa shape index (κ3) is 4.22. The molecule has 1 aromatic heterocycles. The van der Waals surface area contributed by atoms with Gasteiger partial charge in [-0.25, -0.2) is 0 Å². The summed E-state index contributed by atoms with van der Waals surface area (Å²) >= 11 is 4.79. The summed E-state index contributed by atoms with van der Waals surface area (Å²) in [7, 11) is 0. The fourth-order valence-corrected chi connectivity index (χ4v) is 1.21. The Labute approximate surface area is 99.4 Å². The molecule has 1 heterocycles. The first-order valence-corrected chi connectivity index (χ1v) is 5.24. The monoisotopic (exact) mass is 238 g/mol. The molecule has 0 unspecified atom stereocenters. The van der Waals surface area contributed by atoms with E-state index in [1.165, 1.54) is 6.92 Å². The Bertz CT molecular complexity index is 377. The molecule has 0 bridgehead atoms. The highest BCUT2D eigenvalue weighted by Gasteiger charge is 1.97. The van der Waals surface area contributed by atoms with Crippen LogP contribution in [-0.4, -0.2) is 29.0 Å². The maximum atomic E-state index is 10.6. The third-order valence-corrected chi connectivity index (χ3v) is 2.05. The molecule has 1 amide bonds. The van der Waals surface area contributed by atoms with E-state index in [0.29, 0.717) is 18.8 Å². The van der Waals surface area contributed by atoms with E-state index in [1.54, 1.807) is 12.3 Å². The minimum Gasteiger partial charge on any atom is -0.388 e. The highest BCUT2D eigenvalue weighted by atomic mass is 32.1. The minimum atomic E-state index is -0.0382. The lowest BCUT2D eigenvalue weighted by molar-refractivity contribution is -0.118. The number of amides is 1. The highest BCUT2D eigenvalue weighted by Crippen LogP contribution is 2.05. The number of aromatic nitrogens is 1. The van der Waals surface area contributed by atoms with Crippen molar-refractivity contribution in [2.75, 3.05) is 18.4 Å². The number of carbonyl (C=O) groups excluding carboxylic acids is 1. The van der Waals surface area contributed by atoms with Crippen LogP contribution in [0.4, 0.5) is 5.69 Å². The van der Waals surface area contributed by atoms with Gasteiger partial charge in [-0.15, -0.1) is 0 Å². The van der Waals surface area contributed by atoms with Crippen molar-refractivity contribution in [2.24, 2.45) is 5.73 Å². The largest absolute Gasteiger partial charge is 0.388 e. The molecule has 6 heteroatoms. The summed E-state index contributed by atoms with van der Waals surface area (Å²) < 4.78 is 0. The zero-order valence-electron chi connectivity index (χ0n) is 8.99. The molecule has 0 radical (unpaired) electrons. The Kier molecular flexibility index (Phi) is 4.65. The second-order valence-electron chi connectivity index (χ2n) is 3.21. The van der Waals surface area contributed by atoms with E-state index in [4.69, 9.17) is 18.0 Å². The smallest absolute Gasteiger partial charge is 0.216 e. The molecule has 86 valence electrons. The lowest BCUT2D eigenvalue weighted by Gasteiger charge is -2.06. The van der Waals surface area contributed by atoms with Crippen LogP contribution in [0.25, 0.3) is 0 Å². The van der Waals surface area contributed by atoms with E-state index in [2.05, 4.69) is 15.6 Å². The van der Waals surface area contributed by atoms with E-state index in [-0.39, 0.29) is 10.9 Å². The summed E-state index contributed by atoms with van der Waals surface area (Å²) in [5, 5.41) is 5.79. The lowest BCUT2D eigenvalue weighted by Crippen LogP contribution is -2.26. The molecule has 0 atom stereocenters. The van der Waals surface area contributed by atoms with Gasteiger partial charge in [-0.1, -0.05) is 12.2 Å². The van der Waals surface area contributed by atoms with Crippen LogP contribution in [0.1, 0.15) is 12.6 Å². The molecule has 0 aromatic carbocycles. The van der Waals surface area contributed by atoms with Gasteiger partial charge in [0.25, 0.3) is 0 Å². The maximum absolute atomic E-state index is 10.6. The van der Waals surface area contributed by atoms with E-state index < -0.39 is 0 Å². The van der Waals surface area contributed by atoms with Gasteiger partial charge in [0.2, 0.25) is 5.91 Å². The first-order chi connectivity index (χ1) is 7.59. The van der Waals surface area contributed by atoms with Crippen LogP contribution in [0.3, 0.4) is 0 Å². The molecule has 0 spiro atoms. The van der Waals surface area contributed by atoms with E-state index in [0.717, 1.165) is 5.69 Å².